The Hall–Kier alpha value is -4.05. The smallest absolute Gasteiger partial charge is 0.407 e. The molecular weight excluding hydrogens is 512 g/mol. The number of aromatic nitrogens is 1. The number of methoxy groups -OCH3 is 1. The van der Waals surface area contributed by atoms with Gasteiger partial charge in [0.2, 0.25) is 5.91 Å². The number of pyridine rings is 1. The molecule has 1 atom stereocenters. The van der Waals surface area contributed by atoms with Crippen molar-refractivity contribution in [1.82, 2.24) is 14.8 Å². The number of Topliss-reactive ketones (excluding diaryl/α,β-unsaturated/α-hetero) is 1. The molecule has 1 aliphatic heterocycles. The quantitative estimate of drug-likeness (QED) is 0.382. The topological polar surface area (TPSA) is 119 Å². The molecule has 1 aliphatic rings. The lowest BCUT2D eigenvalue weighted by Crippen LogP contribution is -2.42. The van der Waals surface area contributed by atoms with Crippen LogP contribution in [-0.4, -0.2) is 66.3 Å². The van der Waals surface area contributed by atoms with Gasteiger partial charge in [-0.05, 0) is 44.4 Å². The highest BCUT2D eigenvalue weighted by atomic mass is 16.5. The Morgan fingerprint density at radius 2 is 1.90 bits per heavy atom. The van der Waals surface area contributed by atoms with E-state index in [4.69, 9.17) is 9.73 Å². The standard InChI is InChI=1S/C30H38N4O6/c1-20(2)40-19-23-11-8-10-21-16-24(31-28(21)23)18-34-15-9-12-22(29(34)37)17-26(35)25(32-30(38)39-5)13-6-7-14-27(36)33(3)4/h7-12,14-15,20,25H,6,13,16-19H2,1-5H3,(H,32,38)/b14-7+/t25-/m0/s1. The second-order valence-electron chi connectivity index (χ2n) is 10.1. The summed E-state index contributed by atoms with van der Waals surface area (Å²) in [6.45, 7) is 4.75. The monoisotopic (exact) mass is 550 g/mol. The number of ether oxygens (including phenoxy) is 2. The van der Waals surface area contributed by atoms with Gasteiger partial charge in [0.05, 0.1) is 38.1 Å². The van der Waals surface area contributed by atoms with Gasteiger partial charge in [-0.3, -0.25) is 19.4 Å². The number of hydrogen-bond acceptors (Lipinski definition) is 7. The minimum absolute atomic E-state index is 0.107. The first kappa shape index (κ1) is 30.5. The molecule has 2 heterocycles. The molecule has 40 heavy (non-hydrogen) atoms. The molecule has 1 aromatic heterocycles. The molecule has 0 radical (unpaired) electrons. The van der Waals surface area contributed by atoms with E-state index in [0.717, 1.165) is 22.5 Å². The number of rotatable bonds is 13. The normalized spacial score (nSPS) is 13.2. The summed E-state index contributed by atoms with van der Waals surface area (Å²) >= 11 is 0. The van der Waals surface area contributed by atoms with Crippen LogP contribution in [0.15, 0.2) is 58.5 Å². The van der Waals surface area contributed by atoms with Crippen molar-refractivity contribution in [3.63, 3.8) is 0 Å². The van der Waals surface area contributed by atoms with Gasteiger partial charge in [0.15, 0.2) is 5.78 Å². The van der Waals surface area contributed by atoms with Gasteiger partial charge < -0.3 is 24.3 Å². The van der Waals surface area contributed by atoms with Crippen LogP contribution in [0.1, 0.15) is 43.4 Å². The molecule has 0 saturated carbocycles. The molecule has 0 unspecified atom stereocenters. The highest BCUT2D eigenvalue weighted by molar-refractivity contribution is 5.94. The molecule has 0 bridgehead atoms. The Bertz CT molecular complexity index is 1340. The van der Waals surface area contributed by atoms with Gasteiger partial charge in [-0.2, -0.15) is 0 Å². The van der Waals surface area contributed by atoms with Crippen LogP contribution in [-0.2, 0) is 45.1 Å². The van der Waals surface area contributed by atoms with Crippen LogP contribution < -0.4 is 10.9 Å². The van der Waals surface area contributed by atoms with Crippen molar-refractivity contribution in [2.75, 3.05) is 21.2 Å². The molecular formula is C30H38N4O6. The summed E-state index contributed by atoms with van der Waals surface area (Å²) in [5.74, 6) is -0.503. The summed E-state index contributed by atoms with van der Waals surface area (Å²) in [7, 11) is 4.50. The molecule has 1 N–H and O–H groups in total. The van der Waals surface area contributed by atoms with E-state index in [9.17, 15) is 19.2 Å². The van der Waals surface area contributed by atoms with Crippen molar-refractivity contribution in [2.24, 2.45) is 4.99 Å². The maximum Gasteiger partial charge on any atom is 0.407 e. The van der Waals surface area contributed by atoms with E-state index in [2.05, 4.69) is 10.1 Å². The van der Waals surface area contributed by atoms with Crippen LogP contribution in [0.5, 0.6) is 0 Å². The lowest BCUT2D eigenvalue weighted by atomic mass is 10.0. The second-order valence-corrected chi connectivity index (χ2v) is 10.1. The van der Waals surface area contributed by atoms with Crippen molar-refractivity contribution >= 4 is 29.2 Å². The number of para-hydroxylation sites is 1. The summed E-state index contributed by atoms with van der Waals surface area (Å²) < 4.78 is 12.0. The summed E-state index contributed by atoms with van der Waals surface area (Å²) in [6.07, 6.45) is 5.23. The van der Waals surface area contributed by atoms with E-state index in [1.54, 1.807) is 43.1 Å². The van der Waals surface area contributed by atoms with Gasteiger partial charge in [0.1, 0.15) is 0 Å². The third-order valence-corrected chi connectivity index (χ3v) is 6.45. The number of aliphatic imine (C=N–C) groups is 1. The third-order valence-electron chi connectivity index (χ3n) is 6.45. The van der Waals surface area contributed by atoms with Gasteiger partial charge in [0, 0.05) is 50.0 Å². The number of nitrogens with one attached hydrogen (secondary N) is 1. The highest BCUT2D eigenvalue weighted by Crippen LogP contribution is 2.31. The molecule has 0 saturated heterocycles. The van der Waals surface area contributed by atoms with Crippen LogP contribution in [0.4, 0.5) is 10.5 Å². The fourth-order valence-electron chi connectivity index (χ4n) is 4.28. The number of nitrogens with zero attached hydrogens (tertiary/aromatic N) is 3. The first-order valence-corrected chi connectivity index (χ1v) is 13.3. The lowest BCUT2D eigenvalue weighted by molar-refractivity contribution is -0.123. The Labute approximate surface area is 234 Å². The maximum absolute atomic E-state index is 13.3. The van der Waals surface area contributed by atoms with Crippen LogP contribution >= 0.6 is 0 Å². The largest absolute Gasteiger partial charge is 0.453 e. The van der Waals surface area contributed by atoms with E-state index in [-0.39, 0.29) is 36.2 Å². The van der Waals surface area contributed by atoms with Crippen molar-refractivity contribution in [1.29, 1.82) is 0 Å². The van der Waals surface area contributed by atoms with Crippen LogP contribution in [0.3, 0.4) is 0 Å². The third kappa shape index (κ3) is 8.47. The zero-order valence-corrected chi connectivity index (χ0v) is 23.8. The Morgan fingerprint density at radius 1 is 1.15 bits per heavy atom. The maximum atomic E-state index is 13.3. The SMILES string of the molecule is COC(=O)N[C@@H](CC/C=C/C(=O)N(C)C)C(=O)Cc1cccn(CC2=Nc3c(COC(C)C)cccc3C2)c1=O. The predicted octanol–water partition coefficient (Wildman–Crippen LogP) is 3.36. The molecule has 214 valence electrons. The van der Waals surface area contributed by atoms with Crippen molar-refractivity contribution in [3.05, 3.63) is 75.7 Å². The Morgan fingerprint density at radius 3 is 2.60 bits per heavy atom. The number of likely N-dealkylation sites (N-methyl/N-ethyl adjacent to an activating group) is 1. The summed E-state index contributed by atoms with van der Waals surface area (Å²) in [5.41, 5.74) is 3.89. The zero-order valence-electron chi connectivity index (χ0n) is 23.8. The molecule has 0 spiro atoms. The van der Waals surface area contributed by atoms with Crippen molar-refractivity contribution in [2.45, 2.75) is 64.8 Å². The number of carbonyl (C=O) groups excluding carboxylic acids is 3. The van der Waals surface area contributed by atoms with Crippen molar-refractivity contribution < 1.29 is 23.9 Å². The molecule has 0 aliphatic carbocycles. The predicted molar refractivity (Wildman–Crippen MR) is 153 cm³/mol. The summed E-state index contributed by atoms with van der Waals surface area (Å²) in [4.78, 5) is 56.3. The molecule has 2 amide bonds. The van der Waals surface area contributed by atoms with E-state index in [0.29, 0.717) is 31.6 Å². The minimum Gasteiger partial charge on any atom is -0.453 e. The number of alkyl carbamates (subject to hydrolysis) is 1. The fourth-order valence-corrected chi connectivity index (χ4v) is 4.28. The summed E-state index contributed by atoms with van der Waals surface area (Å²) in [6, 6.07) is 8.49. The highest BCUT2D eigenvalue weighted by Gasteiger charge is 2.23. The molecule has 10 nitrogen and oxygen atoms in total. The van der Waals surface area contributed by atoms with Crippen LogP contribution in [0.25, 0.3) is 0 Å². The Balaban J connectivity index is 1.71. The minimum atomic E-state index is -0.875. The van der Waals surface area contributed by atoms with Gasteiger partial charge in [0.25, 0.3) is 5.56 Å². The lowest BCUT2D eigenvalue weighted by Gasteiger charge is -2.16. The molecule has 1 aromatic carbocycles. The van der Waals surface area contributed by atoms with Gasteiger partial charge >= 0.3 is 6.09 Å². The Kier molecular flexibility index (Phi) is 11.0. The number of benzene rings is 1. The average molecular weight is 551 g/mol. The van der Waals surface area contributed by atoms with Gasteiger partial charge in [-0.25, -0.2) is 4.79 Å². The van der Waals surface area contributed by atoms with E-state index in [1.807, 2.05) is 32.0 Å². The second kappa shape index (κ2) is 14.4. The molecule has 2 aromatic rings. The molecule has 0 fully saturated rings. The van der Waals surface area contributed by atoms with Crippen LogP contribution in [0.2, 0.25) is 0 Å². The van der Waals surface area contributed by atoms with Gasteiger partial charge in [-0.15, -0.1) is 0 Å². The van der Waals surface area contributed by atoms with E-state index < -0.39 is 12.1 Å². The van der Waals surface area contributed by atoms with Gasteiger partial charge in [-0.1, -0.05) is 30.3 Å². The number of allylic oxidation sites excluding steroid dienone is 1. The molecule has 3 rings (SSSR count). The number of hydrogen-bond donors (Lipinski definition) is 1. The van der Waals surface area contributed by atoms with Crippen LogP contribution in [0, 0.1) is 0 Å². The van der Waals surface area contributed by atoms with E-state index >= 15 is 0 Å². The first-order chi connectivity index (χ1) is 19.1. The number of carbonyl (C=O) groups is 3. The number of amides is 2. The van der Waals surface area contributed by atoms with E-state index in [1.165, 1.54) is 18.1 Å². The van der Waals surface area contributed by atoms with Crippen molar-refractivity contribution in [3.8, 4) is 0 Å². The molecule has 10 heteroatoms. The number of fused-ring (bicyclic) bond motifs is 1. The summed E-state index contributed by atoms with van der Waals surface area (Å²) in [5, 5.41) is 2.54. The number of ketones is 1. The fraction of sp³-hybridized carbons (Fsp3) is 0.433. The zero-order chi connectivity index (χ0) is 29.2. The average Bonchev–Trinajstić information content (AvgIpc) is 3.34. The first-order valence-electron chi connectivity index (χ1n) is 13.3.